The van der Waals surface area contributed by atoms with Crippen LogP contribution in [0.1, 0.15) is 20.8 Å². The van der Waals surface area contributed by atoms with Gasteiger partial charge in [-0.25, -0.2) is 9.07 Å². The maximum Gasteiger partial charge on any atom is 0.234 e. The van der Waals surface area contributed by atoms with Crippen LogP contribution >= 0.6 is 12.2 Å². The van der Waals surface area contributed by atoms with E-state index in [0.29, 0.717) is 17.3 Å². The molecule has 1 aromatic heterocycles. The van der Waals surface area contributed by atoms with Crippen LogP contribution in [0.3, 0.4) is 0 Å². The second kappa shape index (κ2) is 7.45. The van der Waals surface area contributed by atoms with E-state index in [1.54, 1.807) is 21.4 Å². The topological polar surface area (TPSA) is 55.1 Å². The zero-order chi connectivity index (χ0) is 18.8. The van der Waals surface area contributed by atoms with Crippen molar-refractivity contribution >= 4 is 18.1 Å². The number of amides is 1. The Labute approximate surface area is 152 Å². The Hall–Kier alpha value is -2.06. The van der Waals surface area contributed by atoms with Crippen molar-refractivity contribution in [2.45, 2.75) is 33.0 Å². The predicted octanol–water partition coefficient (Wildman–Crippen LogP) is 2.56. The molecule has 0 atom stereocenters. The highest BCUT2D eigenvalue weighted by molar-refractivity contribution is 7.71. The van der Waals surface area contributed by atoms with Crippen LogP contribution in [0.15, 0.2) is 24.3 Å². The number of hydrogen-bond acceptors (Lipinski definition) is 4. The Kier molecular flexibility index (Phi) is 5.74. The van der Waals surface area contributed by atoms with Crippen LogP contribution in [0.4, 0.5) is 4.39 Å². The summed E-state index contributed by atoms with van der Waals surface area (Å²) < 4.78 is 17.1. The summed E-state index contributed by atoms with van der Waals surface area (Å²) in [6, 6.07) is 6.11. The SMILES string of the molecule is CN(CC(=O)NC(C)(C)C)Cn1nc(-c2ccc(F)cc2)n(C)c1=S. The Bertz CT molecular complexity index is 804. The molecule has 2 rings (SSSR count). The molecule has 136 valence electrons. The minimum absolute atomic E-state index is 0.0591. The van der Waals surface area contributed by atoms with E-state index in [1.807, 2.05) is 39.8 Å². The molecule has 25 heavy (non-hydrogen) atoms. The smallest absolute Gasteiger partial charge is 0.234 e. The second-order valence-corrected chi connectivity index (χ2v) is 7.49. The molecule has 8 heteroatoms. The van der Waals surface area contributed by atoms with E-state index in [9.17, 15) is 9.18 Å². The van der Waals surface area contributed by atoms with E-state index in [1.165, 1.54) is 12.1 Å². The van der Waals surface area contributed by atoms with Crippen LogP contribution in [0.5, 0.6) is 0 Å². The number of hydrogen-bond donors (Lipinski definition) is 1. The summed E-state index contributed by atoms with van der Waals surface area (Å²) in [5.41, 5.74) is 0.511. The molecule has 1 aromatic carbocycles. The van der Waals surface area contributed by atoms with Crippen molar-refractivity contribution in [2.75, 3.05) is 13.6 Å². The van der Waals surface area contributed by atoms with Crippen LogP contribution in [-0.4, -0.2) is 44.3 Å². The third kappa shape index (κ3) is 5.20. The molecular weight excluding hydrogens is 341 g/mol. The van der Waals surface area contributed by atoms with Gasteiger partial charge < -0.3 is 9.88 Å². The number of likely N-dealkylation sites (N-methyl/N-ethyl adjacent to an activating group) is 1. The number of carbonyl (C=O) groups is 1. The van der Waals surface area contributed by atoms with Gasteiger partial charge in [-0.15, -0.1) is 0 Å². The first-order valence-electron chi connectivity index (χ1n) is 7.96. The molecule has 0 bridgehead atoms. The van der Waals surface area contributed by atoms with Crippen molar-refractivity contribution in [1.82, 2.24) is 24.6 Å². The molecular formula is C17H24FN5OS. The Balaban J connectivity index is 2.13. The molecule has 0 saturated carbocycles. The summed E-state index contributed by atoms with van der Waals surface area (Å²) in [5, 5.41) is 7.43. The quantitative estimate of drug-likeness (QED) is 0.828. The molecule has 0 aliphatic rings. The van der Waals surface area contributed by atoms with Crippen LogP contribution in [0.25, 0.3) is 11.4 Å². The third-order valence-electron chi connectivity index (χ3n) is 3.45. The standard InChI is InChI=1S/C17H24FN5OS/c1-17(2,3)19-14(24)10-21(4)11-23-16(25)22(5)15(20-23)12-6-8-13(18)9-7-12/h6-9H,10-11H2,1-5H3,(H,19,24). The highest BCUT2D eigenvalue weighted by Gasteiger charge is 2.16. The molecule has 0 saturated heterocycles. The van der Waals surface area contributed by atoms with Gasteiger partial charge in [0.2, 0.25) is 5.91 Å². The molecule has 0 radical (unpaired) electrons. The van der Waals surface area contributed by atoms with Gasteiger partial charge in [-0.1, -0.05) is 0 Å². The Morgan fingerprint density at radius 2 is 1.92 bits per heavy atom. The molecule has 1 heterocycles. The number of aromatic nitrogens is 3. The lowest BCUT2D eigenvalue weighted by Gasteiger charge is -2.23. The zero-order valence-electron chi connectivity index (χ0n) is 15.2. The van der Waals surface area contributed by atoms with Gasteiger partial charge in [0, 0.05) is 18.2 Å². The number of nitrogens with zero attached hydrogens (tertiary/aromatic N) is 4. The third-order valence-corrected chi connectivity index (χ3v) is 3.93. The van der Waals surface area contributed by atoms with E-state index in [2.05, 4.69) is 10.4 Å². The Morgan fingerprint density at radius 1 is 1.32 bits per heavy atom. The first-order valence-corrected chi connectivity index (χ1v) is 8.37. The van der Waals surface area contributed by atoms with Gasteiger partial charge in [-0.2, -0.15) is 5.10 Å². The molecule has 6 nitrogen and oxygen atoms in total. The fourth-order valence-corrected chi connectivity index (χ4v) is 2.60. The lowest BCUT2D eigenvalue weighted by atomic mass is 10.1. The summed E-state index contributed by atoms with van der Waals surface area (Å²) >= 11 is 5.42. The monoisotopic (exact) mass is 365 g/mol. The van der Waals surface area contributed by atoms with Crippen molar-refractivity contribution in [3.05, 3.63) is 34.9 Å². The first kappa shape index (κ1) is 19.3. The predicted molar refractivity (Wildman–Crippen MR) is 98.0 cm³/mol. The van der Waals surface area contributed by atoms with Crippen LogP contribution in [-0.2, 0) is 18.5 Å². The van der Waals surface area contributed by atoms with E-state index in [-0.39, 0.29) is 23.8 Å². The van der Waals surface area contributed by atoms with Crippen molar-refractivity contribution in [2.24, 2.45) is 7.05 Å². The highest BCUT2D eigenvalue weighted by Crippen LogP contribution is 2.17. The van der Waals surface area contributed by atoms with E-state index in [4.69, 9.17) is 12.2 Å². The lowest BCUT2D eigenvalue weighted by molar-refractivity contribution is -0.123. The normalized spacial score (nSPS) is 11.8. The largest absolute Gasteiger partial charge is 0.350 e. The number of carbonyl (C=O) groups excluding carboxylic acids is 1. The highest BCUT2D eigenvalue weighted by atomic mass is 32.1. The van der Waals surface area contributed by atoms with Gasteiger partial charge >= 0.3 is 0 Å². The average Bonchev–Trinajstić information content (AvgIpc) is 2.74. The Morgan fingerprint density at radius 3 is 2.48 bits per heavy atom. The van der Waals surface area contributed by atoms with Crippen molar-refractivity contribution in [3.63, 3.8) is 0 Å². The number of nitrogens with one attached hydrogen (secondary N) is 1. The molecule has 0 fully saturated rings. The van der Waals surface area contributed by atoms with Gasteiger partial charge in [0.25, 0.3) is 0 Å². The number of rotatable bonds is 5. The molecule has 1 N–H and O–H groups in total. The molecule has 2 aromatic rings. The molecule has 0 aliphatic heterocycles. The minimum atomic E-state index is -0.297. The van der Waals surface area contributed by atoms with E-state index < -0.39 is 0 Å². The molecule has 0 spiro atoms. The van der Waals surface area contributed by atoms with Crippen molar-refractivity contribution in [1.29, 1.82) is 0 Å². The number of halogens is 1. The van der Waals surface area contributed by atoms with Crippen molar-refractivity contribution in [3.8, 4) is 11.4 Å². The summed E-state index contributed by atoms with van der Waals surface area (Å²) in [6.45, 7) is 6.44. The molecule has 0 unspecified atom stereocenters. The van der Waals surface area contributed by atoms with Crippen LogP contribution in [0, 0.1) is 10.6 Å². The summed E-state index contributed by atoms with van der Waals surface area (Å²) in [4.78, 5) is 13.9. The summed E-state index contributed by atoms with van der Waals surface area (Å²) in [5.74, 6) is 0.294. The van der Waals surface area contributed by atoms with E-state index in [0.717, 1.165) is 5.56 Å². The first-order chi connectivity index (χ1) is 11.6. The summed E-state index contributed by atoms with van der Waals surface area (Å²) in [6.07, 6.45) is 0. The fraction of sp³-hybridized carbons (Fsp3) is 0.471. The maximum absolute atomic E-state index is 13.1. The van der Waals surface area contributed by atoms with Gasteiger partial charge in [0.05, 0.1) is 13.2 Å². The number of benzene rings is 1. The molecule has 0 aliphatic carbocycles. The van der Waals surface area contributed by atoms with Gasteiger partial charge in [0.1, 0.15) is 5.82 Å². The second-order valence-electron chi connectivity index (χ2n) is 7.13. The lowest BCUT2D eigenvalue weighted by Crippen LogP contribution is -2.45. The van der Waals surface area contributed by atoms with Gasteiger partial charge in [-0.3, -0.25) is 9.69 Å². The maximum atomic E-state index is 13.1. The van der Waals surface area contributed by atoms with Crippen LogP contribution < -0.4 is 5.32 Å². The van der Waals surface area contributed by atoms with Gasteiger partial charge in [0.15, 0.2) is 10.6 Å². The average molecular weight is 365 g/mol. The fourth-order valence-electron chi connectivity index (χ4n) is 2.41. The van der Waals surface area contributed by atoms with Crippen molar-refractivity contribution < 1.29 is 9.18 Å². The van der Waals surface area contributed by atoms with Crippen LogP contribution in [0.2, 0.25) is 0 Å². The minimum Gasteiger partial charge on any atom is -0.350 e. The zero-order valence-corrected chi connectivity index (χ0v) is 16.0. The van der Waals surface area contributed by atoms with E-state index >= 15 is 0 Å². The molecule has 1 amide bonds. The summed E-state index contributed by atoms with van der Waals surface area (Å²) in [7, 11) is 3.65. The van der Waals surface area contributed by atoms with Gasteiger partial charge in [-0.05, 0) is 64.3 Å².